The lowest BCUT2D eigenvalue weighted by Gasteiger charge is -1.98. The Morgan fingerprint density at radius 3 is 2.74 bits per heavy atom. The highest BCUT2D eigenvalue weighted by Gasteiger charge is 2.09. The van der Waals surface area contributed by atoms with Crippen LogP contribution in [0.3, 0.4) is 0 Å². The van der Waals surface area contributed by atoms with E-state index in [1.807, 2.05) is 18.4 Å². The summed E-state index contributed by atoms with van der Waals surface area (Å²) >= 11 is 15.1. The summed E-state index contributed by atoms with van der Waals surface area (Å²) in [5, 5.41) is 21.1. The standard InChI is InChI=1S/C13H12Cl2N6S2/c1-22-6-11-17-10(18-19-11)5-16-13-21-20-12(23-13)7-2-8(14)4-9(15)3-7/h2-4H,5-6H2,1H3,(H,16,21)(H,17,18,19). The summed E-state index contributed by atoms with van der Waals surface area (Å²) in [4.78, 5) is 4.37. The van der Waals surface area contributed by atoms with Gasteiger partial charge >= 0.3 is 0 Å². The molecule has 0 radical (unpaired) electrons. The molecule has 0 atom stereocenters. The second-order valence-corrected chi connectivity index (χ2v) is 7.27. The van der Waals surface area contributed by atoms with Crippen LogP contribution in [0.2, 0.25) is 10.0 Å². The molecule has 0 aliphatic carbocycles. The normalized spacial score (nSPS) is 10.9. The highest BCUT2D eigenvalue weighted by atomic mass is 35.5. The van der Waals surface area contributed by atoms with E-state index in [0.717, 1.165) is 28.0 Å². The van der Waals surface area contributed by atoms with Crippen molar-refractivity contribution in [2.24, 2.45) is 0 Å². The predicted octanol–water partition coefficient (Wildman–Crippen LogP) is 4.11. The van der Waals surface area contributed by atoms with Crippen LogP contribution in [0, 0.1) is 0 Å². The zero-order valence-corrected chi connectivity index (χ0v) is 15.2. The average molecular weight is 387 g/mol. The van der Waals surface area contributed by atoms with E-state index < -0.39 is 0 Å². The molecule has 2 aromatic heterocycles. The van der Waals surface area contributed by atoms with E-state index in [-0.39, 0.29) is 0 Å². The molecule has 0 saturated heterocycles. The molecule has 0 bridgehead atoms. The molecule has 23 heavy (non-hydrogen) atoms. The summed E-state index contributed by atoms with van der Waals surface area (Å²) < 4.78 is 0. The van der Waals surface area contributed by atoms with Gasteiger partial charge in [0.1, 0.15) is 10.8 Å². The predicted molar refractivity (Wildman–Crippen MR) is 96.3 cm³/mol. The molecule has 2 N–H and O–H groups in total. The van der Waals surface area contributed by atoms with E-state index in [4.69, 9.17) is 23.2 Å². The molecule has 0 aliphatic rings. The fourth-order valence-corrected chi connectivity index (χ4v) is 3.50. The number of nitrogens with zero attached hydrogens (tertiary/aromatic N) is 4. The minimum Gasteiger partial charge on any atom is -0.353 e. The van der Waals surface area contributed by atoms with Crippen LogP contribution in [0.5, 0.6) is 0 Å². The molecular formula is C13H12Cl2N6S2. The van der Waals surface area contributed by atoms with Gasteiger partial charge in [0.25, 0.3) is 0 Å². The van der Waals surface area contributed by atoms with Crippen LogP contribution >= 0.6 is 46.3 Å². The van der Waals surface area contributed by atoms with Crippen LogP contribution < -0.4 is 5.32 Å². The lowest BCUT2D eigenvalue weighted by atomic mass is 10.2. The zero-order chi connectivity index (χ0) is 16.2. The summed E-state index contributed by atoms with van der Waals surface area (Å²) in [6, 6.07) is 5.30. The van der Waals surface area contributed by atoms with Crippen molar-refractivity contribution in [1.82, 2.24) is 25.4 Å². The molecular weight excluding hydrogens is 375 g/mol. The number of thioether (sulfide) groups is 1. The Balaban J connectivity index is 1.67. The molecule has 0 fully saturated rings. The largest absolute Gasteiger partial charge is 0.353 e. The highest BCUT2D eigenvalue weighted by Crippen LogP contribution is 2.30. The summed E-state index contributed by atoms with van der Waals surface area (Å²) in [6.45, 7) is 0.506. The second kappa shape index (κ2) is 7.48. The van der Waals surface area contributed by atoms with Crippen molar-refractivity contribution in [3.05, 3.63) is 39.9 Å². The number of hydrogen-bond donors (Lipinski definition) is 2. The first-order valence-corrected chi connectivity index (χ1v) is 9.53. The first-order valence-electron chi connectivity index (χ1n) is 6.57. The first-order chi connectivity index (χ1) is 11.1. The van der Waals surface area contributed by atoms with E-state index in [1.54, 1.807) is 17.8 Å². The molecule has 6 nitrogen and oxygen atoms in total. The number of nitrogens with one attached hydrogen (secondary N) is 2. The first kappa shape index (κ1) is 16.5. The maximum Gasteiger partial charge on any atom is 0.206 e. The van der Waals surface area contributed by atoms with Gasteiger partial charge in [-0.1, -0.05) is 34.5 Å². The van der Waals surface area contributed by atoms with E-state index in [0.29, 0.717) is 21.7 Å². The average Bonchev–Trinajstić information content (AvgIpc) is 3.13. The summed E-state index contributed by atoms with van der Waals surface area (Å²) in [7, 11) is 0. The number of anilines is 1. The molecule has 10 heteroatoms. The molecule has 3 aromatic rings. The van der Waals surface area contributed by atoms with Crippen LogP contribution in [-0.2, 0) is 12.3 Å². The fourth-order valence-electron chi connectivity index (χ4n) is 1.86. The Kier molecular flexibility index (Phi) is 5.37. The zero-order valence-electron chi connectivity index (χ0n) is 12.0. The van der Waals surface area contributed by atoms with Gasteiger partial charge in [0, 0.05) is 15.6 Å². The Morgan fingerprint density at radius 2 is 2.00 bits per heavy atom. The Labute approximate surface area is 151 Å². The van der Waals surface area contributed by atoms with Crippen molar-refractivity contribution in [1.29, 1.82) is 0 Å². The summed E-state index contributed by atoms with van der Waals surface area (Å²) in [5.74, 6) is 2.34. The van der Waals surface area contributed by atoms with Crippen molar-refractivity contribution in [2.75, 3.05) is 11.6 Å². The van der Waals surface area contributed by atoms with E-state index in [9.17, 15) is 0 Å². The van der Waals surface area contributed by atoms with Gasteiger partial charge in [0.2, 0.25) is 5.13 Å². The third kappa shape index (κ3) is 4.35. The van der Waals surface area contributed by atoms with Crippen LogP contribution in [0.1, 0.15) is 11.6 Å². The van der Waals surface area contributed by atoms with Crippen LogP contribution in [0.4, 0.5) is 5.13 Å². The minimum absolute atomic E-state index is 0.506. The molecule has 120 valence electrons. The summed E-state index contributed by atoms with van der Waals surface area (Å²) in [5.41, 5.74) is 0.843. The summed E-state index contributed by atoms with van der Waals surface area (Å²) in [6.07, 6.45) is 2.01. The van der Waals surface area contributed by atoms with Crippen molar-refractivity contribution in [2.45, 2.75) is 12.3 Å². The lowest BCUT2D eigenvalue weighted by Crippen LogP contribution is -2.01. The van der Waals surface area contributed by atoms with E-state index >= 15 is 0 Å². The molecule has 2 heterocycles. The second-order valence-electron chi connectivity index (χ2n) is 4.56. The van der Waals surface area contributed by atoms with Crippen LogP contribution in [0.25, 0.3) is 10.6 Å². The maximum absolute atomic E-state index is 6.01. The van der Waals surface area contributed by atoms with Crippen molar-refractivity contribution in [3.63, 3.8) is 0 Å². The third-order valence-electron chi connectivity index (χ3n) is 2.79. The molecule has 0 saturated carbocycles. The SMILES string of the molecule is CSCc1n[nH]c(CNc2nnc(-c3cc(Cl)cc(Cl)c3)s2)n1. The Morgan fingerprint density at radius 1 is 1.22 bits per heavy atom. The van der Waals surface area contributed by atoms with Gasteiger partial charge in [-0.25, -0.2) is 4.98 Å². The van der Waals surface area contributed by atoms with Gasteiger partial charge < -0.3 is 5.32 Å². The van der Waals surface area contributed by atoms with Gasteiger partial charge in [0.05, 0.1) is 12.3 Å². The third-order valence-corrected chi connectivity index (χ3v) is 4.71. The number of hydrogen-bond acceptors (Lipinski definition) is 7. The number of aromatic amines is 1. The van der Waals surface area contributed by atoms with Crippen molar-refractivity contribution in [3.8, 4) is 10.6 Å². The monoisotopic (exact) mass is 386 g/mol. The number of aromatic nitrogens is 5. The number of H-pyrrole nitrogens is 1. The molecule has 1 aromatic carbocycles. The molecule has 0 spiro atoms. The van der Waals surface area contributed by atoms with Gasteiger partial charge in [-0.3, -0.25) is 5.10 Å². The fraction of sp³-hybridized carbons (Fsp3) is 0.231. The molecule has 0 unspecified atom stereocenters. The number of benzene rings is 1. The van der Waals surface area contributed by atoms with Gasteiger partial charge in [-0.2, -0.15) is 16.9 Å². The molecule has 0 aliphatic heterocycles. The number of halogens is 2. The van der Waals surface area contributed by atoms with E-state index in [2.05, 4.69) is 30.7 Å². The maximum atomic E-state index is 6.01. The van der Waals surface area contributed by atoms with Crippen LogP contribution in [0.15, 0.2) is 18.2 Å². The minimum atomic E-state index is 0.506. The molecule has 3 rings (SSSR count). The van der Waals surface area contributed by atoms with Gasteiger partial charge in [-0.05, 0) is 24.5 Å². The van der Waals surface area contributed by atoms with Gasteiger partial charge in [0.15, 0.2) is 5.82 Å². The lowest BCUT2D eigenvalue weighted by molar-refractivity contribution is 0.943. The topological polar surface area (TPSA) is 79.4 Å². The number of rotatable bonds is 6. The van der Waals surface area contributed by atoms with Crippen molar-refractivity contribution >= 4 is 51.4 Å². The van der Waals surface area contributed by atoms with E-state index in [1.165, 1.54) is 11.3 Å². The Hall–Kier alpha value is -1.35. The van der Waals surface area contributed by atoms with Gasteiger partial charge in [-0.15, -0.1) is 10.2 Å². The van der Waals surface area contributed by atoms with Crippen molar-refractivity contribution < 1.29 is 0 Å². The molecule has 0 amide bonds. The smallest absolute Gasteiger partial charge is 0.206 e. The van der Waals surface area contributed by atoms with Crippen LogP contribution in [-0.4, -0.2) is 31.6 Å². The Bertz CT molecular complexity index is 783. The quantitative estimate of drug-likeness (QED) is 0.663. The highest BCUT2D eigenvalue weighted by molar-refractivity contribution is 7.97.